The van der Waals surface area contributed by atoms with Gasteiger partial charge in [0.2, 0.25) is 0 Å². The van der Waals surface area contributed by atoms with Gasteiger partial charge in [0.05, 0.1) is 0 Å². The van der Waals surface area contributed by atoms with Gasteiger partial charge in [0, 0.05) is 33.5 Å². The highest BCUT2D eigenvalue weighted by atomic mass is 35.5. The molecule has 0 saturated heterocycles. The van der Waals surface area contributed by atoms with Crippen LogP contribution in [0.2, 0.25) is 5.02 Å². The molecule has 0 atom stereocenters. The van der Waals surface area contributed by atoms with E-state index in [1.54, 1.807) is 6.08 Å². The Morgan fingerprint density at radius 1 is 1.18 bits per heavy atom. The summed E-state index contributed by atoms with van der Waals surface area (Å²) in [6.07, 6.45) is 2.57. The minimum Gasteiger partial charge on any atom is -0.379 e. The van der Waals surface area contributed by atoms with Crippen molar-refractivity contribution in [2.75, 3.05) is 0 Å². The Morgan fingerprint density at radius 2 is 1.91 bits per heavy atom. The van der Waals surface area contributed by atoms with Crippen molar-refractivity contribution in [1.82, 2.24) is 5.32 Å². The van der Waals surface area contributed by atoms with E-state index in [0.29, 0.717) is 10.6 Å². The number of nitrogens with one attached hydrogen (secondary N) is 1. The maximum absolute atomic E-state index is 12.5. The zero-order valence-electron chi connectivity index (χ0n) is 12.7. The number of rotatable bonds is 2. The molecule has 2 aromatic carbocycles. The van der Waals surface area contributed by atoms with Crippen LogP contribution in [0.3, 0.4) is 0 Å². The molecular formula is C19H18ClNO. The number of hydrogen-bond acceptors (Lipinski definition) is 2. The van der Waals surface area contributed by atoms with E-state index in [1.165, 1.54) is 5.56 Å². The zero-order chi connectivity index (χ0) is 15.7. The smallest absolute Gasteiger partial charge is 0.187 e. The molecule has 0 bridgehead atoms. The summed E-state index contributed by atoms with van der Waals surface area (Å²) in [5.74, 6) is -0.00766. The number of hydrogen-bond donors (Lipinski definition) is 1. The second-order valence-electron chi connectivity index (χ2n) is 6.28. The van der Waals surface area contributed by atoms with Crippen LogP contribution in [-0.2, 0) is 6.42 Å². The average Bonchev–Trinajstić information content (AvgIpc) is 2.48. The molecule has 1 heterocycles. The highest BCUT2D eigenvalue weighted by Gasteiger charge is 2.28. The van der Waals surface area contributed by atoms with Gasteiger partial charge in [-0.3, -0.25) is 4.79 Å². The van der Waals surface area contributed by atoms with Crippen molar-refractivity contribution in [3.05, 3.63) is 76.3 Å². The lowest BCUT2D eigenvalue weighted by molar-refractivity contribution is 0.104. The van der Waals surface area contributed by atoms with Crippen molar-refractivity contribution in [2.45, 2.75) is 25.8 Å². The van der Waals surface area contributed by atoms with Crippen molar-refractivity contribution >= 4 is 23.1 Å². The summed E-state index contributed by atoms with van der Waals surface area (Å²) in [5.41, 5.74) is 3.65. The van der Waals surface area contributed by atoms with Gasteiger partial charge in [-0.15, -0.1) is 0 Å². The number of ketones is 1. The van der Waals surface area contributed by atoms with E-state index in [1.807, 2.05) is 48.5 Å². The van der Waals surface area contributed by atoms with Crippen LogP contribution in [0, 0.1) is 0 Å². The molecule has 22 heavy (non-hydrogen) atoms. The normalized spacial score (nSPS) is 17.7. The maximum atomic E-state index is 12.5. The molecule has 112 valence electrons. The monoisotopic (exact) mass is 311 g/mol. The number of carbonyl (C=O) groups excluding carboxylic acids is 1. The standard InChI is InChI=1S/C19H18ClNO/c1-19(2)12-14-8-9-15(20)10-16(14)17(21-19)11-18(22)13-6-4-3-5-7-13/h3-11,21H,12H2,1-2H3/b17-11-. The third-order valence-electron chi connectivity index (χ3n) is 3.80. The predicted molar refractivity (Wildman–Crippen MR) is 91.1 cm³/mol. The van der Waals surface area contributed by atoms with Crippen LogP contribution in [-0.4, -0.2) is 11.3 Å². The Kier molecular flexibility index (Phi) is 3.79. The van der Waals surface area contributed by atoms with E-state index < -0.39 is 0 Å². The molecule has 0 unspecified atom stereocenters. The molecule has 1 aliphatic heterocycles. The van der Waals surface area contributed by atoms with Crippen molar-refractivity contribution in [3.63, 3.8) is 0 Å². The Bertz CT molecular complexity index is 747. The summed E-state index contributed by atoms with van der Waals surface area (Å²) in [6, 6.07) is 15.2. The molecule has 0 fully saturated rings. The molecule has 2 nitrogen and oxygen atoms in total. The van der Waals surface area contributed by atoms with Crippen LogP contribution in [0.5, 0.6) is 0 Å². The van der Waals surface area contributed by atoms with Crippen LogP contribution in [0.25, 0.3) is 5.70 Å². The third-order valence-corrected chi connectivity index (χ3v) is 4.04. The van der Waals surface area contributed by atoms with Crippen LogP contribution in [0.1, 0.15) is 35.3 Å². The minimum atomic E-state index is -0.0936. The topological polar surface area (TPSA) is 29.1 Å². The molecule has 1 N–H and O–H groups in total. The van der Waals surface area contributed by atoms with Crippen molar-refractivity contribution in [3.8, 4) is 0 Å². The van der Waals surface area contributed by atoms with Crippen LogP contribution in [0.15, 0.2) is 54.6 Å². The first-order chi connectivity index (χ1) is 10.4. The molecule has 0 radical (unpaired) electrons. The SMILES string of the molecule is CC1(C)Cc2ccc(Cl)cc2/C(=C/C(=O)c2ccccc2)N1. The molecule has 1 aliphatic rings. The summed E-state index contributed by atoms with van der Waals surface area (Å²) >= 11 is 6.13. The van der Waals surface area contributed by atoms with Crippen molar-refractivity contribution < 1.29 is 4.79 Å². The van der Waals surface area contributed by atoms with E-state index in [0.717, 1.165) is 17.7 Å². The van der Waals surface area contributed by atoms with E-state index in [9.17, 15) is 4.79 Å². The van der Waals surface area contributed by atoms with Gasteiger partial charge < -0.3 is 5.32 Å². The fourth-order valence-electron chi connectivity index (χ4n) is 2.84. The minimum absolute atomic E-state index is 0.00766. The number of allylic oxidation sites excluding steroid dienone is 1. The quantitative estimate of drug-likeness (QED) is 0.654. The first-order valence-corrected chi connectivity index (χ1v) is 7.70. The van der Waals surface area contributed by atoms with Gasteiger partial charge in [-0.25, -0.2) is 0 Å². The molecular weight excluding hydrogens is 294 g/mol. The largest absolute Gasteiger partial charge is 0.379 e. The first-order valence-electron chi connectivity index (χ1n) is 7.33. The molecule has 3 rings (SSSR count). The van der Waals surface area contributed by atoms with Crippen molar-refractivity contribution in [1.29, 1.82) is 0 Å². The van der Waals surface area contributed by atoms with Crippen LogP contribution in [0.4, 0.5) is 0 Å². The van der Waals surface area contributed by atoms with Gasteiger partial charge in [0.1, 0.15) is 0 Å². The van der Waals surface area contributed by atoms with E-state index in [-0.39, 0.29) is 11.3 Å². The van der Waals surface area contributed by atoms with E-state index in [2.05, 4.69) is 19.2 Å². The molecule has 0 amide bonds. The maximum Gasteiger partial charge on any atom is 0.187 e. The van der Waals surface area contributed by atoms with Gasteiger partial charge in [-0.2, -0.15) is 0 Å². The zero-order valence-corrected chi connectivity index (χ0v) is 13.4. The first kappa shape index (κ1) is 14.9. The summed E-state index contributed by atoms with van der Waals surface area (Å²) in [5, 5.41) is 4.14. The van der Waals surface area contributed by atoms with Crippen molar-refractivity contribution in [2.24, 2.45) is 0 Å². The summed E-state index contributed by atoms with van der Waals surface area (Å²) in [7, 11) is 0. The molecule has 0 aliphatic carbocycles. The van der Waals surface area contributed by atoms with Crippen LogP contribution >= 0.6 is 11.6 Å². The Labute approximate surface area is 135 Å². The van der Waals surface area contributed by atoms with E-state index >= 15 is 0 Å². The molecule has 0 saturated carbocycles. The Hall–Kier alpha value is -2.06. The fourth-order valence-corrected chi connectivity index (χ4v) is 3.01. The highest BCUT2D eigenvalue weighted by molar-refractivity contribution is 6.30. The molecule has 0 aromatic heterocycles. The summed E-state index contributed by atoms with van der Waals surface area (Å²) in [6.45, 7) is 4.26. The fraction of sp³-hybridized carbons (Fsp3) is 0.211. The molecule has 3 heteroatoms. The van der Waals surface area contributed by atoms with Gasteiger partial charge in [0.25, 0.3) is 0 Å². The second kappa shape index (κ2) is 5.62. The second-order valence-corrected chi connectivity index (χ2v) is 6.71. The van der Waals surface area contributed by atoms with Gasteiger partial charge in [0.15, 0.2) is 5.78 Å². The lowest BCUT2D eigenvalue weighted by atomic mass is 9.85. The Morgan fingerprint density at radius 3 is 2.64 bits per heavy atom. The predicted octanol–water partition coefficient (Wildman–Crippen LogP) is 4.49. The average molecular weight is 312 g/mol. The molecule has 2 aromatic rings. The summed E-state index contributed by atoms with van der Waals surface area (Å²) < 4.78 is 0. The van der Waals surface area contributed by atoms with Gasteiger partial charge in [-0.05, 0) is 38.0 Å². The third kappa shape index (κ3) is 3.07. The number of halogens is 1. The van der Waals surface area contributed by atoms with Gasteiger partial charge >= 0.3 is 0 Å². The van der Waals surface area contributed by atoms with Gasteiger partial charge in [-0.1, -0.05) is 48.0 Å². The Balaban J connectivity index is 2.05. The summed E-state index contributed by atoms with van der Waals surface area (Å²) in [4.78, 5) is 12.5. The van der Waals surface area contributed by atoms with E-state index in [4.69, 9.17) is 11.6 Å². The number of carbonyl (C=O) groups is 1. The number of benzene rings is 2. The molecule has 0 spiro atoms. The number of fused-ring (bicyclic) bond motifs is 1. The lowest BCUT2D eigenvalue weighted by Crippen LogP contribution is -2.43. The van der Waals surface area contributed by atoms with Crippen LogP contribution < -0.4 is 5.32 Å². The highest BCUT2D eigenvalue weighted by Crippen LogP contribution is 2.31. The lowest BCUT2D eigenvalue weighted by Gasteiger charge is -2.35.